The van der Waals surface area contributed by atoms with E-state index >= 15 is 0 Å². The minimum Gasteiger partial charge on any atom is -0.339 e. The molecule has 0 amide bonds. The van der Waals surface area contributed by atoms with Crippen LogP contribution in [0.4, 0.5) is 11.5 Å². The monoisotopic (exact) mass is 337 g/mol. The topological polar surface area (TPSA) is 37.8 Å². The summed E-state index contributed by atoms with van der Waals surface area (Å²) in [5, 5.41) is 3.77. The van der Waals surface area contributed by atoms with Crippen molar-refractivity contribution in [2.75, 3.05) is 5.32 Å². The second-order valence-corrected chi connectivity index (χ2v) is 6.06. The van der Waals surface area contributed by atoms with Crippen molar-refractivity contribution in [2.24, 2.45) is 0 Å². The van der Waals surface area contributed by atoms with E-state index in [2.05, 4.69) is 50.3 Å². The van der Waals surface area contributed by atoms with Crippen LogP contribution in [0.1, 0.15) is 30.1 Å². The van der Waals surface area contributed by atoms with E-state index in [0.717, 1.165) is 34.6 Å². The molecule has 19 heavy (non-hydrogen) atoms. The molecule has 1 heterocycles. The Hall–Kier alpha value is -1.13. The third-order valence-electron chi connectivity index (χ3n) is 3.04. The molecule has 1 aliphatic carbocycles. The van der Waals surface area contributed by atoms with Gasteiger partial charge in [0.1, 0.15) is 16.8 Å². The third kappa shape index (κ3) is 3.07. The molecule has 0 radical (unpaired) electrons. The molecule has 3 rings (SSSR count). The van der Waals surface area contributed by atoms with Gasteiger partial charge in [-0.25, -0.2) is 9.97 Å². The van der Waals surface area contributed by atoms with Gasteiger partial charge in [-0.1, -0.05) is 17.7 Å². The van der Waals surface area contributed by atoms with Crippen molar-refractivity contribution in [3.05, 3.63) is 45.3 Å². The summed E-state index contributed by atoms with van der Waals surface area (Å²) in [6.07, 6.45) is 2.32. The van der Waals surface area contributed by atoms with Gasteiger partial charge in [0.15, 0.2) is 0 Å². The van der Waals surface area contributed by atoms with Gasteiger partial charge in [0.2, 0.25) is 0 Å². The summed E-state index contributed by atoms with van der Waals surface area (Å²) >= 11 is 9.59. The lowest BCUT2D eigenvalue weighted by Gasteiger charge is -2.10. The summed E-state index contributed by atoms with van der Waals surface area (Å²) in [6.45, 7) is 2.06. The molecule has 0 unspecified atom stereocenters. The number of aryl methyl sites for hydroxylation is 1. The van der Waals surface area contributed by atoms with Gasteiger partial charge in [-0.3, -0.25) is 0 Å². The SMILES string of the molecule is Cc1ccc(Nc2cc(Cl)nc(C3CC3)n2)c(Br)c1. The number of benzene rings is 1. The molecule has 0 atom stereocenters. The smallest absolute Gasteiger partial charge is 0.135 e. The number of hydrogen-bond donors (Lipinski definition) is 1. The highest BCUT2D eigenvalue weighted by Crippen LogP contribution is 2.39. The molecule has 1 saturated carbocycles. The van der Waals surface area contributed by atoms with Crippen molar-refractivity contribution < 1.29 is 0 Å². The number of halogens is 2. The van der Waals surface area contributed by atoms with Crippen LogP contribution in [0.15, 0.2) is 28.7 Å². The molecular weight excluding hydrogens is 326 g/mol. The molecule has 2 aromatic rings. The standard InChI is InChI=1S/C14H13BrClN3/c1-8-2-5-11(10(15)6-8)17-13-7-12(16)18-14(19-13)9-3-4-9/h2,5-7,9H,3-4H2,1H3,(H,17,18,19). The minimum atomic E-state index is 0.487. The maximum Gasteiger partial charge on any atom is 0.135 e. The zero-order valence-corrected chi connectivity index (χ0v) is 12.8. The third-order valence-corrected chi connectivity index (χ3v) is 3.89. The molecule has 0 saturated heterocycles. The van der Waals surface area contributed by atoms with E-state index < -0.39 is 0 Å². The van der Waals surface area contributed by atoms with Crippen molar-refractivity contribution in [2.45, 2.75) is 25.7 Å². The molecule has 1 N–H and O–H groups in total. The quantitative estimate of drug-likeness (QED) is 0.815. The number of rotatable bonds is 3. The van der Waals surface area contributed by atoms with Crippen LogP contribution in [0, 0.1) is 6.92 Å². The van der Waals surface area contributed by atoms with Gasteiger partial charge in [-0.05, 0) is 53.4 Å². The molecule has 98 valence electrons. The highest BCUT2D eigenvalue weighted by atomic mass is 79.9. The van der Waals surface area contributed by atoms with E-state index in [4.69, 9.17) is 11.6 Å². The van der Waals surface area contributed by atoms with E-state index in [1.54, 1.807) is 6.07 Å². The Morgan fingerprint density at radius 1 is 1.26 bits per heavy atom. The first-order valence-electron chi connectivity index (χ1n) is 6.19. The van der Waals surface area contributed by atoms with Crippen LogP contribution in [-0.4, -0.2) is 9.97 Å². The Labute approximate surface area is 125 Å². The Balaban J connectivity index is 1.89. The minimum absolute atomic E-state index is 0.487. The zero-order chi connectivity index (χ0) is 13.4. The molecule has 1 aromatic carbocycles. The first-order chi connectivity index (χ1) is 9.11. The predicted octanol–water partition coefficient (Wildman–Crippen LogP) is 4.82. The molecule has 1 aliphatic rings. The summed E-state index contributed by atoms with van der Waals surface area (Å²) in [7, 11) is 0. The normalized spacial score (nSPS) is 14.5. The van der Waals surface area contributed by atoms with Crippen LogP contribution in [0.3, 0.4) is 0 Å². The second-order valence-electron chi connectivity index (χ2n) is 4.82. The predicted molar refractivity (Wildman–Crippen MR) is 81.2 cm³/mol. The van der Waals surface area contributed by atoms with E-state index in [1.165, 1.54) is 5.56 Å². The van der Waals surface area contributed by atoms with E-state index in [1.807, 2.05) is 6.07 Å². The van der Waals surface area contributed by atoms with E-state index in [0.29, 0.717) is 11.1 Å². The molecule has 0 bridgehead atoms. The number of nitrogens with one attached hydrogen (secondary N) is 1. The molecule has 0 aliphatic heterocycles. The van der Waals surface area contributed by atoms with Gasteiger partial charge in [-0.2, -0.15) is 0 Å². The summed E-state index contributed by atoms with van der Waals surface area (Å²) in [6, 6.07) is 7.89. The van der Waals surface area contributed by atoms with Crippen LogP contribution in [0.5, 0.6) is 0 Å². The number of hydrogen-bond acceptors (Lipinski definition) is 3. The highest BCUT2D eigenvalue weighted by Gasteiger charge is 2.27. The fourth-order valence-electron chi connectivity index (χ4n) is 1.88. The first kappa shape index (κ1) is 12.9. The van der Waals surface area contributed by atoms with Crippen LogP contribution in [0.25, 0.3) is 0 Å². The highest BCUT2D eigenvalue weighted by molar-refractivity contribution is 9.10. The first-order valence-corrected chi connectivity index (χ1v) is 7.36. The fraction of sp³-hybridized carbons (Fsp3) is 0.286. The van der Waals surface area contributed by atoms with Crippen molar-refractivity contribution >= 4 is 39.0 Å². The molecule has 3 nitrogen and oxygen atoms in total. The number of nitrogens with zero attached hydrogens (tertiary/aromatic N) is 2. The maximum absolute atomic E-state index is 6.05. The Morgan fingerprint density at radius 3 is 2.74 bits per heavy atom. The lowest BCUT2D eigenvalue weighted by molar-refractivity contribution is 0.930. The Bertz CT molecular complexity index is 626. The van der Waals surface area contributed by atoms with Gasteiger partial charge in [-0.15, -0.1) is 0 Å². The fourth-order valence-corrected chi connectivity index (χ4v) is 2.67. The van der Waals surface area contributed by atoms with Gasteiger partial charge >= 0.3 is 0 Å². The van der Waals surface area contributed by atoms with Gasteiger partial charge in [0.25, 0.3) is 0 Å². The summed E-state index contributed by atoms with van der Waals surface area (Å²) in [5.74, 6) is 2.07. The van der Waals surface area contributed by atoms with Crippen molar-refractivity contribution in [3.8, 4) is 0 Å². The number of anilines is 2. The summed E-state index contributed by atoms with van der Waals surface area (Å²) < 4.78 is 1.01. The van der Waals surface area contributed by atoms with E-state index in [-0.39, 0.29) is 0 Å². The molecule has 1 aromatic heterocycles. The van der Waals surface area contributed by atoms with Crippen LogP contribution < -0.4 is 5.32 Å². The van der Waals surface area contributed by atoms with Gasteiger partial charge in [0.05, 0.1) is 5.69 Å². The van der Waals surface area contributed by atoms with E-state index in [9.17, 15) is 0 Å². The largest absolute Gasteiger partial charge is 0.339 e. The zero-order valence-electron chi connectivity index (χ0n) is 10.5. The maximum atomic E-state index is 6.05. The molecular formula is C14H13BrClN3. The van der Waals surface area contributed by atoms with Crippen molar-refractivity contribution in [3.63, 3.8) is 0 Å². The molecule has 1 fully saturated rings. The van der Waals surface area contributed by atoms with Crippen LogP contribution in [0.2, 0.25) is 5.15 Å². The lowest BCUT2D eigenvalue weighted by Crippen LogP contribution is -2.00. The van der Waals surface area contributed by atoms with Crippen molar-refractivity contribution in [1.82, 2.24) is 9.97 Å². The second kappa shape index (κ2) is 5.10. The van der Waals surface area contributed by atoms with Crippen LogP contribution >= 0.6 is 27.5 Å². The summed E-state index contributed by atoms with van der Waals surface area (Å²) in [4.78, 5) is 8.80. The lowest BCUT2D eigenvalue weighted by atomic mass is 10.2. The number of aromatic nitrogens is 2. The average molecular weight is 339 g/mol. The van der Waals surface area contributed by atoms with Gasteiger partial charge in [0, 0.05) is 16.5 Å². The molecule has 5 heteroatoms. The van der Waals surface area contributed by atoms with Gasteiger partial charge < -0.3 is 5.32 Å². The van der Waals surface area contributed by atoms with Crippen LogP contribution in [-0.2, 0) is 0 Å². The Morgan fingerprint density at radius 2 is 2.05 bits per heavy atom. The average Bonchev–Trinajstić information content (AvgIpc) is 3.16. The molecule has 0 spiro atoms. The summed E-state index contributed by atoms with van der Waals surface area (Å²) in [5.41, 5.74) is 2.18. The van der Waals surface area contributed by atoms with Crippen molar-refractivity contribution in [1.29, 1.82) is 0 Å². The Kier molecular flexibility index (Phi) is 3.46.